The Bertz CT molecular complexity index is 1470. The van der Waals surface area contributed by atoms with Crippen molar-refractivity contribution in [2.45, 2.75) is 34.2 Å². The van der Waals surface area contributed by atoms with Gasteiger partial charge in [0.2, 0.25) is 11.8 Å². The third-order valence-electron chi connectivity index (χ3n) is 6.02. The zero-order valence-electron chi connectivity index (χ0n) is 19.6. The molecule has 8 heteroatoms. The first-order chi connectivity index (χ1) is 16.2. The number of fused-ring (bicyclic) bond motifs is 1. The zero-order chi connectivity index (χ0) is 24.4. The first kappa shape index (κ1) is 23.4. The molecule has 0 bridgehead atoms. The number of nitrogens with one attached hydrogen (secondary N) is 2. The van der Waals surface area contributed by atoms with E-state index in [-0.39, 0.29) is 24.6 Å². The van der Waals surface area contributed by atoms with Crippen LogP contribution in [0.25, 0.3) is 21.3 Å². The molecule has 0 radical (unpaired) electrons. The Morgan fingerprint density at radius 3 is 2.56 bits per heavy atom. The van der Waals surface area contributed by atoms with Gasteiger partial charge in [-0.25, -0.2) is 4.98 Å². The summed E-state index contributed by atoms with van der Waals surface area (Å²) in [7, 11) is 0. The van der Waals surface area contributed by atoms with Crippen molar-refractivity contribution in [2.75, 3.05) is 11.9 Å². The van der Waals surface area contributed by atoms with E-state index in [2.05, 4.69) is 21.7 Å². The molecule has 0 fully saturated rings. The lowest BCUT2D eigenvalue weighted by atomic mass is 10.0. The molecule has 2 aromatic heterocycles. The Morgan fingerprint density at radius 2 is 1.79 bits per heavy atom. The maximum Gasteiger partial charge on any atom is 0.263 e. The summed E-state index contributed by atoms with van der Waals surface area (Å²) in [4.78, 5) is 43.0. The Labute approximate surface area is 201 Å². The van der Waals surface area contributed by atoms with Crippen LogP contribution in [0.15, 0.2) is 52.9 Å². The molecular formula is C26H26N4O3S. The van der Waals surface area contributed by atoms with Gasteiger partial charge in [0.15, 0.2) is 0 Å². The molecule has 0 aliphatic heterocycles. The van der Waals surface area contributed by atoms with Gasteiger partial charge in [0.05, 0.1) is 18.3 Å². The minimum Gasteiger partial charge on any atom is -0.345 e. The van der Waals surface area contributed by atoms with Gasteiger partial charge >= 0.3 is 0 Å². The van der Waals surface area contributed by atoms with Crippen LogP contribution in [-0.4, -0.2) is 27.9 Å². The third kappa shape index (κ3) is 4.77. The highest BCUT2D eigenvalue weighted by Gasteiger charge is 2.16. The molecule has 2 N–H and O–H groups in total. The summed E-state index contributed by atoms with van der Waals surface area (Å²) in [6.07, 6.45) is 1.38. The summed E-state index contributed by atoms with van der Waals surface area (Å²) in [6, 6.07) is 11.7. The van der Waals surface area contributed by atoms with Crippen LogP contribution >= 0.6 is 11.3 Å². The maximum atomic E-state index is 13.2. The van der Waals surface area contributed by atoms with E-state index in [0.29, 0.717) is 15.9 Å². The number of nitrogens with zero attached hydrogens (tertiary/aromatic N) is 2. The number of carbonyl (C=O) groups excluding carboxylic acids is 2. The summed E-state index contributed by atoms with van der Waals surface area (Å²) in [5.41, 5.74) is 6.54. The largest absolute Gasteiger partial charge is 0.345 e. The molecule has 0 aliphatic rings. The van der Waals surface area contributed by atoms with Crippen molar-refractivity contribution in [3.8, 4) is 11.1 Å². The van der Waals surface area contributed by atoms with Gasteiger partial charge in [-0.15, -0.1) is 11.3 Å². The van der Waals surface area contributed by atoms with Crippen LogP contribution in [0.1, 0.15) is 22.3 Å². The van der Waals surface area contributed by atoms with Crippen molar-refractivity contribution < 1.29 is 9.59 Å². The number of anilines is 1. The molecule has 0 spiro atoms. The molecule has 0 aliphatic carbocycles. The molecule has 2 amide bonds. The standard InChI is InChI=1S/C26H26N4O3S/c1-15-8-9-19(10-17(15)3)20-13-34-25-24(20)26(33)30(14-28-25)12-23(32)27-11-22(31)29-21-7-5-6-16(2)18(21)4/h5-10,13-14H,11-12H2,1-4H3,(H,27,32)(H,29,31). The predicted molar refractivity (Wildman–Crippen MR) is 136 cm³/mol. The van der Waals surface area contributed by atoms with Gasteiger partial charge in [-0.05, 0) is 61.6 Å². The quantitative estimate of drug-likeness (QED) is 0.440. The second kappa shape index (κ2) is 9.61. The van der Waals surface area contributed by atoms with Crippen molar-refractivity contribution >= 4 is 39.1 Å². The van der Waals surface area contributed by atoms with Gasteiger partial charge in [-0.1, -0.05) is 30.3 Å². The van der Waals surface area contributed by atoms with Crippen LogP contribution in [0.3, 0.4) is 0 Å². The van der Waals surface area contributed by atoms with Crippen molar-refractivity contribution in [3.05, 3.63) is 80.7 Å². The minimum absolute atomic E-state index is 0.191. The monoisotopic (exact) mass is 474 g/mol. The van der Waals surface area contributed by atoms with Gasteiger partial charge in [-0.3, -0.25) is 19.0 Å². The number of carbonyl (C=O) groups is 2. The average molecular weight is 475 g/mol. The molecule has 4 rings (SSSR count). The summed E-state index contributed by atoms with van der Waals surface area (Å²) in [5, 5.41) is 7.80. The lowest BCUT2D eigenvalue weighted by molar-refractivity contribution is -0.124. The number of hydrogen-bond donors (Lipinski definition) is 2. The van der Waals surface area contributed by atoms with Gasteiger partial charge in [-0.2, -0.15) is 0 Å². The van der Waals surface area contributed by atoms with Crippen LogP contribution in [0.2, 0.25) is 0 Å². The number of aryl methyl sites for hydroxylation is 3. The van der Waals surface area contributed by atoms with E-state index in [4.69, 9.17) is 0 Å². The third-order valence-corrected chi connectivity index (χ3v) is 6.90. The Hall–Kier alpha value is -3.78. The molecule has 7 nitrogen and oxygen atoms in total. The molecule has 174 valence electrons. The molecular weight excluding hydrogens is 448 g/mol. The average Bonchev–Trinajstić information content (AvgIpc) is 3.24. The molecule has 0 saturated carbocycles. The molecule has 0 saturated heterocycles. The second-order valence-corrected chi connectivity index (χ2v) is 9.24. The van der Waals surface area contributed by atoms with Gasteiger partial charge < -0.3 is 10.6 Å². The van der Waals surface area contributed by atoms with Crippen LogP contribution < -0.4 is 16.2 Å². The van der Waals surface area contributed by atoms with Gasteiger partial charge in [0, 0.05) is 16.6 Å². The number of benzene rings is 2. The van der Waals surface area contributed by atoms with Crippen LogP contribution in [0.5, 0.6) is 0 Å². The van der Waals surface area contributed by atoms with Crippen molar-refractivity contribution in [1.82, 2.24) is 14.9 Å². The lowest BCUT2D eigenvalue weighted by Gasteiger charge is -2.11. The SMILES string of the molecule is Cc1ccc(-c2csc3ncn(CC(=O)NCC(=O)Nc4cccc(C)c4C)c(=O)c23)cc1C. The number of rotatable bonds is 6. The summed E-state index contributed by atoms with van der Waals surface area (Å²) in [6.45, 7) is 7.55. The van der Waals surface area contributed by atoms with E-state index in [1.165, 1.54) is 27.8 Å². The fourth-order valence-electron chi connectivity index (χ4n) is 3.67. The molecule has 0 unspecified atom stereocenters. The summed E-state index contributed by atoms with van der Waals surface area (Å²) >= 11 is 1.40. The van der Waals surface area contributed by atoms with Crippen LogP contribution in [0, 0.1) is 27.7 Å². The first-order valence-corrected chi connectivity index (χ1v) is 11.8. The number of amides is 2. The first-order valence-electron chi connectivity index (χ1n) is 10.9. The van der Waals surface area contributed by atoms with Gasteiger partial charge in [0.25, 0.3) is 5.56 Å². The van der Waals surface area contributed by atoms with Crippen molar-refractivity contribution in [1.29, 1.82) is 0 Å². The van der Waals surface area contributed by atoms with Crippen LogP contribution in [-0.2, 0) is 16.1 Å². The van der Waals surface area contributed by atoms with E-state index in [9.17, 15) is 14.4 Å². The lowest BCUT2D eigenvalue weighted by Crippen LogP contribution is -2.37. The highest BCUT2D eigenvalue weighted by Crippen LogP contribution is 2.31. The van der Waals surface area contributed by atoms with Crippen molar-refractivity contribution in [2.24, 2.45) is 0 Å². The highest BCUT2D eigenvalue weighted by molar-refractivity contribution is 7.17. The van der Waals surface area contributed by atoms with Gasteiger partial charge in [0.1, 0.15) is 11.4 Å². The Morgan fingerprint density at radius 1 is 1.00 bits per heavy atom. The molecule has 34 heavy (non-hydrogen) atoms. The summed E-state index contributed by atoms with van der Waals surface area (Å²) in [5.74, 6) is -0.778. The topological polar surface area (TPSA) is 93.1 Å². The molecule has 0 atom stereocenters. The Kier molecular flexibility index (Phi) is 6.61. The molecule has 2 aromatic carbocycles. The van der Waals surface area contributed by atoms with E-state index < -0.39 is 5.91 Å². The number of thiophene rings is 1. The fraction of sp³-hybridized carbons (Fsp3) is 0.231. The minimum atomic E-state index is -0.442. The smallest absolute Gasteiger partial charge is 0.263 e. The maximum absolute atomic E-state index is 13.2. The van der Waals surface area contributed by atoms with E-state index in [1.54, 1.807) is 0 Å². The van der Waals surface area contributed by atoms with E-state index in [1.807, 2.05) is 63.4 Å². The number of aromatic nitrogens is 2. The molecule has 2 heterocycles. The predicted octanol–water partition coefficient (Wildman–Crippen LogP) is 4.11. The van der Waals surface area contributed by atoms with E-state index in [0.717, 1.165) is 27.8 Å². The van der Waals surface area contributed by atoms with Crippen LogP contribution in [0.4, 0.5) is 5.69 Å². The van der Waals surface area contributed by atoms with Crippen molar-refractivity contribution in [3.63, 3.8) is 0 Å². The zero-order valence-corrected chi connectivity index (χ0v) is 20.4. The highest BCUT2D eigenvalue weighted by atomic mass is 32.1. The Balaban J connectivity index is 1.47. The second-order valence-electron chi connectivity index (χ2n) is 8.38. The molecule has 4 aromatic rings. The summed E-state index contributed by atoms with van der Waals surface area (Å²) < 4.78 is 1.28. The normalized spacial score (nSPS) is 10.9. The van der Waals surface area contributed by atoms with E-state index >= 15 is 0 Å². The number of hydrogen-bond acceptors (Lipinski definition) is 5. The fourth-order valence-corrected chi connectivity index (χ4v) is 4.58.